The van der Waals surface area contributed by atoms with Gasteiger partial charge in [0.05, 0.1) is 53.0 Å². The number of pyridine rings is 1. The zero-order valence-electron chi connectivity index (χ0n) is 38.8. The van der Waals surface area contributed by atoms with Crippen LogP contribution in [0.3, 0.4) is 0 Å². The SMILES string of the molecule is CNc1cc(N2CCc3c(CN4CC[C@H](N5CCC(C6CCN(C(=O)c7cc(N8CCC(=O)NC8=O)c(Cl)c(C)n7)CC6)CC5)C(F)(F)C4)cccc32)nn2c(C(=O)N[C@@H]3CC[C@H]3OC)cnc12. The van der Waals surface area contributed by atoms with Gasteiger partial charge >= 0.3 is 6.03 Å². The number of carbonyl (C=O) groups is 4. The Morgan fingerprint density at radius 2 is 1.68 bits per heavy atom. The van der Waals surface area contributed by atoms with Crippen molar-refractivity contribution >= 4 is 63.9 Å². The average molecular weight is 958 g/mol. The summed E-state index contributed by atoms with van der Waals surface area (Å²) in [7, 11) is 3.47. The Balaban J connectivity index is 0.731. The first-order chi connectivity index (χ1) is 32.8. The van der Waals surface area contributed by atoms with E-state index >= 15 is 8.78 Å². The van der Waals surface area contributed by atoms with Crippen molar-refractivity contribution in [1.82, 2.24) is 44.9 Å². The number of alkyl halides is 2. The van der Waals surface area contributed by atoms with Gasteiger partial charge in [-0.2, -0.15) is 0 Å². The first-order valence-electron chi connectivity index (χ1n) is 24.0. The van der Waals surface area contributed by atoms with Crippen LogP contribution in [0, 0.1) is 18.8 Å². The van der Waals surface area contributed by atoms with Gasteiger partial charge in [-0.15, -0.1) is 5.10 Å². The molecule has 0 unspecified atom stereocenters. The number of piperidine rings is 3. The second-order valence-electron chi connectivity index (χ2n) is 19.3. The smallest absolute Gasteiger partial charge is 0.328 e. The quantitative estimate of drug-likeness (QED) is 0.169. The molecule has 5 fully saturated rings. The van der Waals surface area contributed by atoms with Crippen LogP contribution >= 0.6 is 11.6 Å². The predicted molar refractivity (Wildman–Crippen MR) is 252 cm³/mol. The van der Waals surface area contributed by atoms with Gasteiger partial charge in [0.1, 0.15) is 5.69 Å². The number of carbonyl (C=O) groups excluding carboxylic acids is 4. The number of hydrogen-bond acceptors (Lipinski definition) is 12. The fraction of sp³-hybridized carbons (Fsp3) is 0.562. The molecular weight excluding hydrogens is 898 g/mol. The third kappa shape index (κ3) is 8.75. The Morgan fingerprint density at radius 1 is 0.926 bits per heavy atom. The Labute approximate surface area is 398 Å². The number of anilines is 4. The highest BCUT2D eigenvalue weighted by Gasteiger charge is 2.48. The fourth-order valence-corrected chi connectivity index (χ4v) is 11.7. The molecule has 0 radical (unpaired) electrons. The van der Waals surface area contributed by atoms with Crippen LogP contribution in [0.5, 0.6) is 0 Å². The van der Waals surface area contributed by atoms with Crippen LogP contribution in [-0.2, 0) is 22.5 Å². The van der Waals surface area contributed by atoms with Crippen LogP contribution in [0.15, 0.2) is 36.5 Å². The minimum Gasteiger partial charge on any atom is -0.385 e. The molecule has 1 aromatic carbocycles. The van der Waals surface area contributed by atoms with Gasteiger partial charge in [-0.3, -0.25) is 34.4 Å². The van der Waals surface area contributed by atoms with Crippen LogP contribution in [0.25, 0.3) is 5.65 Å². The maximum atomic E-state index is 16.2. The van der Waals surface area contributed by atoms with Crippen molar-refractivity contribution in [2.24, 2.45) is 11.8 Å². The number of aryl methyl sites for hydroxylation is 1. The van der Waals surface area contributed by atoms with Gasteiger partial charge in [-0.25, -0.2) is 28.1 Å². The minimum atomic E-state index is -2.87. The van der Waals surface area contributed by atoms with E-state index in [4.69, 9.17) is 21.4 Å². The van der Waals surface area contributed by atoms with Gasteiger partial charge in [-0.1, -0.05) is 23.7 Å². The number of amides is 5. The van der Waals surface area contributed by atoms with Crippen LogP contribution in [0.4, 0.5) is 36.5 Å². The van der Waals surface area contributed by atoms with Crippen LogP contribution in [-0.4, -0.2) is 149 Å². The molecule has 6 aliphatic rings. The van der Waals surface area contributed by atoms with E-state index in [2.05, 4.69) is 30.8 Å². The molecule has 4 aromatic rings. The molecule has 4 saturated heterocycles. The molecule has 1 saturated carbocycles. The van der Waals surface area contributed by atoms with Gasteiger partial charge in [-0.05, 0) is 106 Å². The van der Waals surface area contributed by atoms with Crippen molar-refractivity contribution in [3.05, 3.63) is 69.8 Å². The second-order valence-corrected chi connectivity index (χ2v) is 19.6. The summed E-state index contributed by atoms with van der Waals surface area (Å²) in [6.07, 6.45) is 7.91. The average Bonchev–Trinajstić information content (AvgIpc) is 3.97. The fourth-order valence-electron chi connectivity index (χ4n) is 11.5. The van der Waals surface area contributed by atoms with E-state index in [1.165, 1.54) is 11.0 Å². The van der Waals surface area contributed by atoms with Crippen LogP contribution in [0.1, 0.15) is 89.2 Å². The van der Waals surface area contributed by atoms with E-state index in [0.717, 1.165) is 67.4 Å². The predicted octanol–water partition coefficient (Wildman–Crippen LogP) is 5.65. The molecule has 17 nitrogen and oxygen atoms in total. The molecule has 5 aliphatic heterocycles. The summed E-state index contributed by atoms with van der Waals surface area (Å²) in [4.78, 5) is 69.6. The number of aromatic nitrogens is 4. The van der Waals surface area contributed by atoms with Crippen molar-refractivity contribution in [3.8, 4) is 0 Å². The Hall–Kier alpha value is -5.50. The number of urea groups is 1. The van der Waals surface area contributed by atoms with Crippen molar-refractivity contribution in [2.45, 2.75) is 95.4 Å². The molecule has 0 spiro atoms. The first kappa shape index (κ1) is 46.2. The number of ether oxygens (including phenoxy) is 1. The lowest BCUT2D eigenvalue weighted by Crippen LogP contribution is -2.59. The van der Waals surface area contributed by atoms with E-state index in [-0.39, 0.29) is 60.1 Å². The topological polar surface area (TPSA) is 173 Å². The summed E-state index contributed by atoms with van der Waals surface area (Å²) >= 11 is 6.53. The van der Waals surface area contributed by atoms with Gasteiger partial charge in [0, 0.05) is 71.6 Å². The summed E-state index contributed by atoms with van der Waals surface area (Å²) in [5.41, 5.74) is 5.72. The molecule has 20 heteroatoms. The zero-order chi connectivity index (χ0) is 47.4. The number of hydrogen-bond donors (Lipinski definition) is 3. The number of fused-ring (bicyclic) bond motifs is 2. The Bertz CT molecular complexity index is 2610. The number of imide groups is 1. The van der Waals surface area contributed by atoms with Gasteiger partial charge < -0.3 is 25.2 Å². The number of halogens is 3. The molecule has 3 aromatic heterocycles. The number of rotatable bonds is 11. The molecule has 68 heavy (non-hydrogen) atoms. The maximum Gasteiger partial charge on any atom is 0.328 e. The Kier molecular flexibility index (Phi) is 12.8. The number of nitrogens with one attached hydrogen (secondary N) is 3. The highest BCUT2D eigenvalue weighted by Crippen LogP contribution is 2.41. The summed E-state index contributed by atoms with van der Waals surface area (Å²) < 4.78 is 39.6. The molecule has 0 bridgehead atoms. The highest BCUT2D eigenvalue weighted by atomic mass is 35.5. The van der Waals surface area contributed by atoms with Crippen molar-refractivity contribution < 1.29 is 32.7 Å². The van der Waals surface area contributed by atoms with Crippen molar-refractivity contribution in [3.63, 3.8) is 0 Å². The number of benzene rings is 1. The number of nitrogens with zero attached hydrogens (tertiary/aromatic N) is 9. The van der Waals surface area contributed by atoms with E-state index in [9.17, 15) is 19.2 Å². The third-order valence-corrected chi connectivity index (χ3v) is 15.9. The standard InChI is InChI=1S/C48H59ClF2N12O5/c1-28-43(49)37(62-22-15-42(64)56-47(62)67)23-35(54-28)46(66)60-19-11-30(12-20-60)29-9-17-59(18-10-29)40-14-16-58(27-48(40,50)51)26-31-5-4-6-36-32(31)13-21-61(36)41-24-34(52-2)44-53-25-38(63(44)57-41)45(65)55-33-7-8-39(33)68-3/h4-6,23-25,29-30,33,39-40,52H,7-22,26-27H2,1-3H3,(H,55,65)(H,56,64,67)/t33-,39-,40+/m1/s1. The van der Waals surface area contributed by atoms with E-state index in [0.29, 0.717) is 92.6 Å². The van der Waals surface area contributed by atoms with Crippen molar-refractivity contribution in [1.29, 1.82) is 0 Å². The lowest BCUT2D eigenvalue weighted by atomic mass is 9.78. The number of methoxy groups -OCH3 is 1. The second kappa shape index (κ2) is 18.8. The summed E-state index contributed by atoms with van der Waals surface area (Å²) in [6, 6.07) is 8.11. The Morgan fingerprint density at radius 3 is 2.37 bits per heavy atom. The number of likely N-dealkylation sites (tertiary alicyclic amines) is 3. The van der Waals surface area contributed by atoms with Gasteiger partial charge in [0.2, 0.25) is 5.91 Å². The molecule has 1 aliphatic carbocycles. The molecule has 3 N–H and O–H groups in total. The lowest BCUT2D eigenvalue weighted by molar-refractivity contribution is -0.135. The summed E-state index contributed by atoms with van der Waals surface area (Å²) in [5, 5.41) is 13.8. The van der Waals surface area contributed by atoms with Crippen LogP contribution < -0.4 is 25.8 Å². The lowest BCUT2D eigenvalue weighted by Gasteiger charge is -2.47. The summed E-state index contributed by atoms with van der Waals surface area (Å²) in [6.45, 7) is 5.60. The molecule has 5 amide bonds. The normalized spacial score (nSPS) is 24.0. The van der Waals surface area contributed by atoms with E-state index in [1.807, 2.05) is 41.1 Å². The summed E-state index contributed by atoms with van der Waals surface area (Å²) in [5.74, 6) is -2.26. The third-order valence-electron chi connectivity index (χ3n) is 15.4. The van der Waals surface area contributed by atoms with Gasteiger partial charge in [0.25, 0.3) is 17.7 Å². The molecule has 3 atom stereocenters. The van der Waals surface area contributed by atoms with Crippen LogP contribution in [0.2, 0.25) is 5.02 Å². The minimum absolute atomic E-state index is 0.00662. The molecule has 362 valence electrons. The van der Waals surface area contributed by atoms with E-state index < -0.39 is 18.0 Å². The zero-order valence-corrected chi connectivity index (χ0v) is 39.5. The molecule has 10 rings (SSSR count). The molecular formula is C48H59ClF2N12O5. The largest absolute Gasteiger partial charge is 0.385 e. The molecule has 8 heterocycles. The monoisotopic (exact) mass is 956 g/mol. The number of imidazole rings is 1. The maximum absolute atomic E-state index is 16.2. The van der Waals surface area contributed by atoms with Crippen molar-refractivity contribution in [2.75, 3.05) is 81.6 Å². The van der Waals surface area contributed by atoms with E-state index in [1.54, 1.807) is 29.6 Å². The van der Waals surface area contributed by atoms with Gasteiger partial charge in [0.15, 0.2) is 17.2 Å². The first-order valence-corrected chi connectivity index (χ1v) is 24.4. The highest BCUT2D eigenvalue weighted by molar-refractivity contribution is 6.34.